The van der Waals surface area contributed by atoms with Crippen molar-refractivity contribution in [1.82, 2.24) is 0 Å². The van der Waals surface area contributed by atoms with Crippen LogP contribution in [0.1, 0.15) is 13.8 Å². The Morgan fingerprint density at radius 2 is 1.33 bits per heavy atom. The molecule has 0 aliphatic heterocycles. The van der Waals surface area contributed by atoms with Gasteiger partial charge in [0.1, 0.15) is 10.0 Å². The largest absolute Gasteiger partial charge is 0.451 e. The van der Waals surface area contributed by atoms with Crippen molar-refractivity contribution in [3.05, 3.63) is 36.9 Å². The van der Waals surface area contributed by atoms with E-state index in [0.29, 0.717) is 0 Å². The van der Waals surface area contributed by atoms with Gasteiger partial charge in [0.25, 0.3) is 0 Å². The molecule has 0 atom stereocenters. The Morgan fingerprint density at radius 3 is 1.67 bits per heavy atom. The Balaban J connectivity index is 3.39. The van der Waals surface area contributed by atoms with Crippen molar-refractivity contribution >= 4 is 63.8 Å². The highest BCUT2D eigenvalue weighted by molar-refractivity contribution is 6.55. The maximum absolute atomic E-state index is 11.3. The van der Waals surface area contributed by atoms with E-state index in [9.17, 15) is 4.79 Å². The Morgan fingerprint density at radius 1 is 0.944 bits per heavy atom. The SMILES string of the molecule is C/C=C(/Oc1c(Cl)c(Cl)c(Cl)c(Cl)c1Cl)C(C)=O. The minimum Gasteiger partial charge on any atom is -0.451 e. The zero-order valence-electron chi connectivity index (χ0n) is 9.28. The molecule has 0 spiro atoms. The van der Waals surface area contributed by atoms with E-state index in [0.717, 1.165) is 0 Å². The number of ketones is 1. The molecule has 0 heterocycles. The molecular weight excluding hydrogens is 341 g/mol. The molecule has 7 heteroatoms. The van der Waals surface area contributed by atoms with Crippen molar-refractivity contribution in [1.29, 1.82) is 0 Å². The summed E-state index contributed by atoms with van der Waals surface area (Å²) in [6, 6.07) is 0. The first-order valence-electron chi connectivity index (χ1n) is 4.67. The molecule has 2 nitrogen and oxygen atoms in total. The molecule has 1 rings (SSSR count). The van der Waals surface area contributed by atoms with Crippen LogP contribution in [0.25, 0.3) is 0 Å². The van der Waals surface area contributed by atoms with Crippen LogP contribution in [0.3, 0.4) is 0 Å². The van der Waals surface area contributed by atoms with Crippen LogP contribution >= 0.6 is 58.0 Å². The highest BCUT2D eigenvalue weighted by Crippen LogP contribution is 2.48. The van der Waals surface area contributed by atoms with Crippen molar-refractivity contribution in [2.24, 2.45) is 0 Å². The van der Waals surface area contributed by atoms with E-state index in [1.807, 2.05) is 0 Å². The minimum atomic E-state index is -0.285. The van der Waals surface area contributed by atoms with Crippen LogP contribution in [0.4, 0.5) is 0 Å². The number of rotatable bonds is 3. The monoisotopic (exact) mass is 346 g/mol. The number of allylic oxidation sites excluding steroid dienone is 2. The quantitative estimate of drug-likeness (QED) is 0.297. The van der Waals surface area contributed by atoms with Crippen LogP contribution in [0.5, 0.6) is 5.75 Å². The predicted octanol–water partition coefficient (Wildman–Crippen LogP) is 5.83. The van der Waals surface area contributed by atoms with Crippen molar-refractivity contribution in [2.75, 3.05) is 0 Å². The van der Waals surface area contributed by atoms with E-state index in [-0.39, 0.29) is 42.4 Å². The molecular formula is C11H7Cl5O2. The molecule has 0 aliphatic carbocycles. The molecule has 0 saturated carbocycles. The zero-order chi connectivity index (χ0) is 14.0. The maximum Gasteiger partial charge on any atom is 0.194 e. The molecule has 0 N–H and O–H groups in total. The molecule has 1 aromatic rings. The van der Waals surface area contributed by atoms with Gasteiger partial charge in [0.05, 0.1) is 15.1 Å². The van der Waals surface area contributed by atoms with Crippen LogP contribution in [0.2, 0.25) is 25.1 Å². The third-order valence-corrected chi connectivity index (χ3v) is 4.23. The fourth-order valence-electron chi connectivity index (χ4n) is 1.12. The van der Waals surface area contributed by atoms with Crippen LogP contribution in [0, 0.1) is 0 Å². The molecule has 98 valence electrons. The average molecular weight is 348 g/mol. The molecule has 18 heavy (non-hydrogen) atoms. The van der Waals surface area contributed by atoms with Gasteiger partial charge < -0.3 is 4.74 Å². The van der Waals surface area contributed by atoms with Crippen LogP contribution in [-0.2, 0) is 4.79 Å². The molecule has 0 amide bonds. The van der Waals surface area contributed by atoms with E-state index in [1.54, 1.807) is 6.92 Å². The average Bonchev–Trinajstić information content (AvgIpc) is 2.34. The number of hydrogen-bond acceptors (Lipinski definition) is 2. The number of benzene rings is 1. The van der Waals surface area contributed by atoms with Gasteiger partial charge in [-0.25, -0.2) is 0 Å². The van der Waals surface area contributed by atoms with Gasteiger partial charge in [-0.2, -0.15) is 0 Å². The summed E-state index contributed by atoms with van der Waals surface area (Å²) in [5.74, 6) is -0.207. The van der Waals surface area contributed by atoms with E-state index < -0.39 is 0 Å². The predicted molar refractivity (Wildman–Crippen MR) is 76.6 cm³/mol. The van der Waals surface area contributed by atoms with Gasteiger partial charge in [-0.05, 0) is 13.0 Å². The second-order valence-corrected chi connectivity index (χ2v) is 5.10. The number of carbonyl (C=O) groups excluding carboxylic acids is 1. The van der Waals surface area contributed by atoms with Gasteiger partial charge in [-0.3, -0.25) is 4.79 Å². The first-order valence-corrected chi connectivity index (χ1v) is 6.56. The number of Topliss-reactive ketones (excluding diaryl/α,β-unsaturated/α-hetero) is 1. The Kier molecular flexibility index (Phi) is 5.63. The van der Waals surface area contributed by atoms with Gasteiger partial charge in [0.15, 0.2) is 17.3 Å². The lowest BCUT2D eigenvalue weighted by molar-refractivity contribution is -0.115. The van der Waals surface area contributed by atoms with Crippen molar-refractivity contribution < 1.29 is 9.53 Å². The second kappa shape index (κ2) is 6.36. The van der Waals surface area contributed by atoms with E-state index in [1.165, 1.54) is 13.0 Å². The molecule has 0 saturated heterocycles. The van der Waals surface area contributed by atoms with Gasteiger partial charge in [0.2, 0.25) is 0 Å². The summed E-state index contributed by atoms with van der Waals surface area (Å²) in [6.45, 7) is 2.98. The third-order valence-electron chi connectivity index (χ3n) is 1.99. The Labute approximate surface area is 129 Å². The lowest BCUT2D eigenvalue weighted by Crippen LogP contribution is -2.05. The highest BCUT2D eigenvalue weighted by atomic mass is 35.5. The molecule has 0 radical (unpaired) electrons. The zero-order valence-corrected chi connectivity index (χ0v) is 13.1. The summed E-state index contributed by atoms with van der Waals surface area (Å²) in [5, 5.41) is 0.0577. The lowest BCUT2D eigenvalue weighted by atomic mass is 10.3. The fraction of sp³-hybridized carbons (Fsp3) is 0.182. The summed E-state index contributed by atoms with van der Waals surface area (Å²) in [7, 11) is 0. The molecule has 1 aromatic carbocycles. The summed E-state index contributed by atoms with van der Waals surface area (Å²) in [5.41, 5.74) is 0. The first kappa shape index (κ1) is 15.9. The summed E-state index contributed by atoms with van der Waals surface area (Å²) in [4.78, 5) is 11.3. The molecule has 0 aliphatic rings. The lowest BCUT2D eigenvalue weighted by Gasteiger charge is -2.14. The van der Waals surface area contributed by atoms with E-state index in [4.69, 9.17) is 62.7 Å². The summed E-state index contributed by atoms with van der Waals surface area (Å²) in [6.07, 6.45) is 1.48. The second-order valence-electron chi connectivity index (χ2n) is 3.21. The third kappa shape index (κ3) is 3.06. The summed E-state index contributed by atoms with van der Waals surface area (Å²) < 4.78 is 5.32. The number of carbonyl (C=O) groups is 1. The van der Waals surface area contributed by atoms with Crippen molar-refractivity contribution in [3.63, 3.8) is 0 Å². The standard InChI is InChI=1S/C11H7Cl5O2/c1-3-5(4(2)17)18-11-9(15)7(13)6(12)8(14)10(11)16/h3H,1-2H3/b5-3+. The van der Waals surface area contributed by atoms with Gasteiger partial charge in [0, 0.05) is 6.92 Å². The molecule has 0 aromatic heterocycles. The number of ether oxygens (including phenoxy) is 1. The van der Waals surface area contributed by atoms with Crippen LogP contribution in [0.15, 0.2) is 11.8 Å². The van der Waals surface area contributed by atoms with E-state index >= 15 is 0 Å². The minimum absolute atomic E-state index is 0.000957. The maximum atomic E-state index is 11.3. The highest BCUT2D eigenvalue weighted by Gasteiger charge is 2.22. The van der Waals surface area contributed by atoms with Crippen LogP contribution in [-0.4, -0.2) is 5.78 Å². The van der Waals surface area contributed by atoms with Gasteiger partial charge in [-0.1, -0.05) is 58.0 Å². The smallest absolute Gasteiger partial charge is 0.194 e. The van der Waals surface area contributed by atoms with Crippen LogP contribution < -0.4 is 4.74 Å². The van der Waals surface area contributed by atoms with E-state index in [2.05, 4.69) is 0 Å². The molecule has 0 bridgehead atoms. The number of hydrogen-bond donors (Lipinski definition) is 0. The fourth-order valence-corrected chi connectivity index (χ4v) is 2.32. The number of halogens is 5. The Hall–Kier alpha value is -0.120. The first-order chi connectivity index (χ1) is 8.31. The van der Waals surface area contributed by atoms with Crippen molar-refractivity contribution in [3.8, 4) is 5.75 Å². The van der Waals surface area contributed by atoms with Gasteiger partial charge in [-0.15, -0.1) is 0 Å². The molecule has 0 fully saturated rings. The van der Waals surface area contributed by atoms with Gasteiger partial charge >= 0.3 is 0 Å². The Bertz CT molecular complexity index is 508. The normalized spacial score (nSPS) is 11.6. The topological polar surface area (TPSA) is 26.3 Å². The summed E-state index contributed by atoms with van der Waals surface area (Å²) >= 11 is 29.5. The van der Waals surface area contributed by atoms with Crippen molar-refractivity contribution in [2.45, 2.75) is 13.8 Å². The molecule has 0 unspecified atom stereocenters.